The zero-order chi connectivity index (χ0) is 11.1. The monoisotopic (exact) mass is 222 g/mol. The first-order valence-corrected chi connectivity index (χ1v) is 5.65. The van der Waals surface area contributed by atoms with Gasteiger partial charge in [-0.2, -0.15) is 0 Å². The second-order valence-electron chi connectivity index (χ2n) is 3.05. The molecule has 3 heteroatoms. The summed E-state index contributed by atoms with van der Waals surface area (Å²) in [6.07, 6.45) is 3.25. The summed E-state index contributed by atoms with van der Waals surface area (Å²) in [5.74, 6) is 0.470. The van der Waals surface area contributed by atoms with Gasteiger partial charge in [-0.25, -0.2) is 4.79 Å². The van der Waals surface area contributed by atoms with E-state index in [1.165, 1.54) is 23.6 Å². The van der Waals surface area contributed by atoms with Gasteiger partial charge in [-0.1, -0.05) is 23.8 Å². The average molecular weight is 222 g/mol. The van der Waals surface area contributed by atoms with Crippen LogP contribution in [0.1, 0.15) is 5.56 Å². The molecule has 1 rings (SSSR count). The highest BCUT2D eigenvalue weighted by atomic mass is 32.2. The number of carbonyl (C=O) groups excluding carboxylic acids is 1. The summed E-state index contributed by atoms with van der Waals surface area (Å²) in [5, 5.41) is 0. The molecule has 0 atom stereocenters. The molecule has 2 nitrogen and oxygen atoms in total. The van der Waals surface area contributed by atoms with Crippen molar-refractivity contribution in [2.75, 3.05) is 12.9 Å². The maximum Gasteiger partial charge on any atom is 0.330 e. The molecular weight excluding hydrogens is 208 g/mol. The molecule has 0 saturated heterocycles. The lowest BCUT2D eigenvalue weighted by molar-refractivity contribution is -0.134. The number of ether oxygens (including phenoxy) is 1. The van der Waals surface area contributed by atoms with Gasteiger partial charge in [0.1, 0.15) is 0 Å². The second-order valence-corrected chi connectivity index (χ2v) is 4.14. The second kappa shape index (κ2) is 6.30. The fraction of sp³-hybridized carbons (Fsp3) is 0.250. The molecule has 0 fully saturated rings. The molecule has 80 valence electrons. The number of hydrogen-bond donors (Lipinski definition) is 0. The Morgan fingerprint density at radius 2 is 2.07 bits per heavy atom. The van der Waals surface area contributed by atoms with Gasteiger partial charge in [0.15, 0.2) is 0 Å². The van der Waals surface area contributed by atoms with Gasteiger partial charge < -0.3 is 4.74 Å². The van der Waals surface area contributed by atoms with Gasteiger partial charge in [-0.05, 0) is 19.1 Å². The van der Waals surface area contributed by atoms with Crippen LogP contribution in [0, 0.1) is 6.92 Å². The van der Waals surface area contributed by atoms with Crippen LogP contribution in [-0.2, 0) is 9.53 Å². The number of methoxy groups -OCH3 is 1. The van der Waals surface area contributed by atoms with Crippen LogP contribution in [-0.4, -0.2) is 18.8 Å². The van der Waals surface area contributed by atoms with Crippen LogP contribution in [0.3, 0.4) is 0 Å². The molecule has 1 aromatic carbocycles. The Morgan fingerprint density at radius 1 is 1.40 bits per heavy atom. The first-order chi connectivity index (χ1) is 7.22. The lowest BCUT2D eigenvalue weighted by atomic mass is 10.2. The van der Waals surface area contributed by atoms with Gasteiger partial charge in [0.2, 0.25) is 0 Å². The van der Waals surface area contributed by atoms with E-state index in [0.29, 0.717) is 0 Å². The minimum atomic E-state index is -0.306. The maximum atomic E-state index is 10.7. The molecule has 0 unspecified atom stereocenters. The van der Waals surface area contributed by atoms with E-state index in [2.05, 4.69) is 35.9 Å². The summed E-state index contributed by atoms with van der Waals surface area (Å²) in [5.41, 5.74) is 1.25. The molecule has 0 aliphatic rings. The number of esters is 1. The van der Waals surface area contributed by atoms with Crippen LogP contribution in [0.25, 0.3) is 0 Å². The molecule has 15 heavy (non-hydrogen) atoms. The Balaban J connectivity index is 2.35. The van der Waals surface area contributed by atoms with Crippen LogP contribution in [0.2, 0.25) is 0 Å². The van der Waals surface area contributed by atoms with Gasteiger partial charge in [-0.15, -0.1) is 11.8 Å². The third kappa shape index (κ3) is 4.70. The molecule has 0 heterocycles. The first kappa shape index (κ1) is 11.9. The van der Waals surface area contributed by atoms with Gasteiger partial charge in [0.25, 0.3) is 0 Å². The standard InChI is InChI=1S/C12H14O2S/c1-10-5-7-11(8-6-10)15-9-3-4-12(13)14-2/h3-8H,9H2,1-2H3/b4-3+. The normalized spacial score (nSPS) is 10.5. The van der Waals surface area contributed by atoms with E-state index < -0.39 is 0 Å². The van der Waals surface area contributed by atoms with Crippen LogP contribution >= 0.6 is 11.8 Å². The summed E-state index contributed by atoms with van der Waals surface area (Å²) < 4.78 is 4.48. The van der Waals surface area contributed by atoms with E-state index >= 15 is 0 Å². The molecular formula is C12H14O2S. The van der Waals surface area contributed by atoms with Crippen molar-refractivity contribution in [1.29, 1.82) is 0 Å². The zero-order valence-corrected chi connectivity index (χ0v) is 9.71. The fourth-order valence-electron chi connectivity index (χ4n) is 0.991. The Kier molecular flexibility index (Phi) is 4.98. The Morgan fingerprint density at radius 3 is 2.67 bits per heavy atom. The minimum absolute atomic E-state index is 0.306. The molecule has 0 bridgehead atoms. The lowest BCUT2D eigenvalue weighted by Crippen LogP contribution is -1.93. The van der Waals surface area contributed by atoms with E-state index in [1.807, 2.05) is 0 Å². The highest BCUT2D eigenvalue weighted by Crippen LogP contribution is 2.17. The third-order valence-electron chi connectivity index (χ3n) is 1.82. The summed E-state index contributed by atoms with van der Waals surface area (Å²) in [7, 11) is 1.37. The van der Waals surface area contributed by atoms with Crippen LogP contribution < -0.4 is 0 Å². The van der Waals surface area contributed by atoms with Crippen molar-refractivity contribution in [3.63, 3.8) is 0 Å². The smallest absolute Gasteiger partial charge is 0.330 e. The lowest BCUT2D eigenvalue weighted by Gasteiger charge is -1.98. The number of carbonyl (C=O) groups is 1. The van der Waals surface area contributed by atoms with Crippen molar-refractivity contribution in [3.8, 4) is 0 Å². The molecule has 0 saturated carbocycles. The summed E-state index contributed by atoms with van der Waals surface area (Å²) in [4.78, 5) is 12.0. The molecule has 0 aliphatic heterocycles. The highest BCUT2D eigenvalue weighted by Gasteiger charge is 1.92. The number of benzene rings is 1. The zero-order valence-electron chi connectivity index (χ0n) is 8.90. The van der Waals surface area contributed by atoms with Crippen molar-refractivity contribution in [1.82, 2.24) is 0 Å². The molecule has 0 amide bonds. The Hall–Kier alpha value is -1.22. The quantitative estimate of drug-likeness (QED) is 0.445. The van der Waals surface area contributed by atoms with Gasteiger partial charge in [0, 0.05) is 16.7 Å². The summed E-state index contributed by atoms with van der Waals surface area (Å²) in [6.45, 7) is 2.06. The SMILES string of the molecule is COC(=O)/C=C/CSc1ccc(C)cc1. The fourth-order valence-corrected chi connectivity index (χ4v) is 1.70. The number of thioether (sulfide) groups is 1. The van der Waals surface area contributed by atoms with Gasteiger partial charge in [0.05, 0.1) is 7.11 Å². The van der Waals surface area contributed by atoms with Crippen molar-refractivity contribution >= 4 is 17.7 Å². The number of rotatable bonds is 4. The molecule has 0 aliphatic carbocycles. The highest BCUT2D eigenvalue weighted by molar-refractivity contribution is 7.99. The van der Waals surface area contributed by atoms with E-state index in [-0.39, 0.29) is 5.97 Å². The van der Waals surface area contributed by atoms with Crippen molar-refractivity contribution in [3.05, 3.63) is 42.0 Å². The summed E-state index contributed by atoms with van der Waals surface area (Å²) >= 11 is 1.69. The first-order valence-electron chi connectivity index (χ1n) is 4.66. The van der Waals surface area contributed by atoms with Crippen LogP contribution in [0.5, 0.6) is 0 Å². The largest absolute Gasteiger partial charge is 0.466 e. The van der Waals surface area contributed by atoms with Crippen LogP contribution in [0.4, 0.5) is 0 Å². The van der Waals surface area contributed by atoms with Crippen molar-refractivity contribution in [2.45, 2.75) is 11.8 Å². The van der Waals surface area contributed by atoms with Crippen LogP contribution in [0.15, 0.2) is 41.3 Å². The van der Waals surface area contributed by atoms with Crippen molar-refractivity contribution in [2.24, 2.45) is 0 Å². The average Bonchev–Trinajstić information content (AvgIpc) is 2.26. The predicted octanol–water partition coefficient (Wildman–Crippen LogP) is 2.82. The predicted molar refractivity (Wildman–Crippen MR) is 63.1 cm³/mol. The Bertz CT molecular complexity index is 341. The van der Waals surface area contributed by atoms with Gasteiger partial charge in [-0.3, -0.25) is 0 Å². The van der Waals surface area contributed by atoms with Crippen molar-refractivity contribution < 1.29 is 9.53 Å². The maximum absolute atomic E-state index is 10.7. The number of hydrogen-bond acceptors (Lipinski definition) is 3. The Labute approximate surface area is 94.3 Å². The van der Waals surface area contributed by atoms with E-state index in [4.69, 9.17) is 0 Å². The van der Waals surface area contributed by atoms with E-state index in [1.54, 1.807) is 17.8 Å². The molecule has 0 aromatic heterocycles. The molecule has 0 radical (unpaired) electrons. The molecule has 0 spiro atoms. The van der Waals surface area contributed by atoms with Gasteiger partial charge >= 0.3 is 5.97 Å². The van der Waals surface area contributed by atoms with E-state index in [9.17, 15) is 4.79 Å². The third-order valence-corrected chi connectivity index (χ3v) is 2.79. The number of aryl methyl sites for hydroxylation is 1. The minimum Gasteiger partial charge on any atom is -0.466 e. The topological polar surface area (TPSA) is 26.3 Å². The van der Waals surface area contributed by atoms with E-state index in [0.717, 1.165) is 5.75 Å². The summed E-state index contributed by atoms with van der Waals surface area (Å²) in [6, 6.07) is 8.30. The molecule has 0 N–H and O–H groups in total. The molecule has 1 aromatic rings.